The number of aromatic nitrogens is 2. The SMILES string of the molecule is N#Cc1cncc(C#N)n1. The Morgan fingerprint density at radius 3 is 2.00 bits per heavy atom. The number of nitrogens with zero attached hydrogens (tertiary/aromatic N) is 4. The van der Waals surface area contributed by atoms with Crippen LogP contribution in [-0.2, 0) is 0 Å². The van der Waals surface area contributed by atoms with Gasteiger partial charge in [0.25, 0.3) is 0 Å². The van der Waals surface area contributed by atoms with Gasteiger partial charge in [-0.3, -0.25) is 4.98 Å². The fourth-order valence-corrected chi connectivity index (χ4v) is 0.474. The maximum absolute atomic E-state index is 8.30. The summed E-state index contributed by atoms with van der Waals surface area (Å²) in [4.78, 5) is 7.24. The highest BCUT2D eigenvalue weighted by Gasteiger charge is 1.93. The molecule has 0 radical (unpaired) electrons. The molecule has 0 aliphatic heterocycles. The number of nitriles is 2. The van der Waals surface area contributed by atoms with E-state index in [-0.39, 0.29) is 11.4 Å². The van der Waals surface area contributed by atoms with Crippen molar-refractivity contribution in [2.45, 2.75) is 0 Å². The molecule has 1 rings (SSSR count). The highest BCUT2D eigenvalue weighted by Crippen LogP contribution is 1.91. The predicted octanol–water partition coefficient (Wildman–Crippen LogP) is 0.220. The maximum Gasteiger partial charge on any atom is 0.160 e. The molecule has 46 valence electrons. The van der Waals surface area contributed by atoms with Gasteiger partial charge in [0.05, 0.1) is 12.4 Å². The van der Waals surface area contributed by atoms with Crippen molar-refractivity contribution in [3.8, 4) is 12.1 Å². The van der Waals surface area contributed by atoms with E-state index in [1.54, 1.807) is 12.1 Å². The van der Waals surface area contributed by atoms with Gasteiger partial charge in [-0.2, -0.15) is 10.5 Å². The van der Waals surface area contributed by atoms with Gasteiger partial charge in [0.1, 0.15) is 12.1 Å². The summed E-state index contributed by atoms with van der Waals surface area (Å²) in [5.41, 5.74) is 0.332. The molecular formula is C6H2N4. The summed E-state index contributed by atoms with van der Waals surface area (Å²) in [6, 6.07) is 3.55. The van der Waals surface area contributed by atoms with E-state index in [9.17, 15) is 0 Å². The minimum absolute atomic E-state index is 0.166. The van der Waals surface area contributed by atoms with Crippen LogP contribution in [0.25, 0.3) is 0 Å². The van der Waals surface area contributed by atoms with Crippen LogP contribution in [0.4, 0.5) is 0 Å². The zero-order valence-corrected chi connectivity index (χ0v) is 4.94. The van der Waals surface area contributed by atoms with Gasteiger partial charge in [-0.05, 0) is 0 Å². The van der Waals surface area contributed by atoms with Crippen LogP contribution in [0, 0.1) is 22.7 Å². The minimum atomic E-state index is 0.166. The lowest BCUT2D eigenvalue weighted by Gasteiger charge is -1.85. The summed E-state index contributed by atoms with van der Waals surface area (Å²) in [5, 5.41) is 16.6. The zero-order valence-electron chi connectivity index (χ0n) is 4.94. The second-order valence-corrected chi connectivity index (χ2v) is 1.51. The van der Waals surface area contributed by atoms with Gasteiger partial charge in [-0.1, -0.05) is 0 Å². The molecule has 0 N–H and O–H groups in total. The molecule has 10 heavy (non-hydrogen) atoms. The molecule has 0 saturated heterocycles. The van der Waals surface area contributed by atoms with Crippen LogP contribution in [0.3, 0.4) is 0 Å². The van der Waals surface area contributed by atoms with Crippen LogP contribution in [0.15, 0.2) is 12.4 Å². The van der Waals surface area contributed by atoms with Gasteiger partial charge < -0.3 is 0 Å². The summed E-state index contributed by atoms with van der Waals surface area (Å²) >= 11 is 0. The Bertz CT molecular complexity index is 288. The third-order valence-corrected chi connectivity index (χ3v) is 0.864. The van der Waals surface area contributed by atoms with E-state index in [1.165, 1.54) is 12.4 Å². The summed E-state index contributed by atoms with van der Waals surface area (Å²) in [7, 11) is 0. The Hall–Kier alpha value is -1.94. The number of rotatable bonds is 0. The Labute approximate surface area is 57.4 Å². The molecule has 0 spiro atoms. The fourth-order valence-electron chi connectivity index (χ4n) is 0.474. The topological polar surface area (TPSA) is 73.4 Å². The minimum Gasteiger partial charge on any atom is -0.259 e. The lowest BCUT2D eigenvalue weighted by Crippen LogP contribution is -1.88. The quantitative estimate of drug-likeness (QED) is 0.503. The van der Waals surface area contributed by atoms with Crippen LogP contribution in [0.2, 0.25) is 0 Å². The molecule has 0 amide bonds. The van der Waals surface area contributed by atoms with Crippen molar-refractivity contribution in [3.63, 3.8) is 0 Å². The van der Waals surface area contributed by atoms with Crippen LogP contribution in [-0.4, -0.2) is 9.97 Å². The third-order valence-electron chi connectivity index (χ3n) is 0.864. The van der Waals surface area contributed by atoms with Crippen molar-refractivity contribution in [2.75, 3.05) is 0 Å². The predicted molar refractivity (Wildman–Crippen MR) is 31.5 cm³/mol. The molecule has 1 heterocycles. The van der Waals surface area contributed by atoms with Gasteiger partial charge in [0.15, 0.2) is 11.4 Å². The first-order valence-corrected chi connectivity index (χ1v) is 2.49. The molecule has 4 heteroatoms. The molecule has 0 aliphatic rings. The molecule has 0 saturated carbocycles. The van der Waals surface area contributed by atoms with E-state index in [0.29, 0.717) is 0 Å². The van der Waals surface area contributed by atoms with Crippen LogP contribution < -0.4 is 0 Å². The molecule has 1 aromatic rings. The third kappa shape index (κ3) is 1.07. The summed E-state index contributed by atoms with van der Waals surface area (Å²) in [6.07, 6.45) is 2.61. The molecule has 0 bridgehead atoms. The highest BCUT2D eigenvalue weighted by atomic mass is 14.8. The van der Waals surface area contributed by atoms with Crippen LogP contribution >= 0.6 is 0 Å². The van der Waals surface area contributed by atoms with Crippen LogP contribution in [0.5, 0.6) is 0 Å². The Morgan fingerprint density at radius 2 is 1.60 bits per heavy atom. The maximum atomic E-state index is 8.30. The first kappa shape index (κ1) is 6.18. The summed E-state index contributed by atoms with van der Waals surface area (Å²) in [5.74, 6) is 0. The summed E-state index contributed by atoms with van der Waals surface area (Å²) in [6.45, 7) is 0. The molecule has 0 aliphatic carbocycles. The lowest BCUT2D eigenvalue weighted by molar-refractivity contribution is 1.13. The molecule has 1 aromatic heterocycles. The first-order chi connectivity index (χ1) is 4.86. The molecule has 0 aromatic carbocycles. The van der Waals surface area contributed by atoms with E-state index in [0.717, 1.165) is 0 Å². The fraction of sp³-hybridized carbons (Fsp3) is 0. The van der Waals surface area contributed by atoms with Crippen molar-refractivity contribution >= 4 is 0 Å². The largest absolute Gasteiger partial charge is 0.259 e. The molecule has 4 nitrogen and oxygen atoms in total. The molecule has 0 fully saturated rings. The van der Waals surface area contributed by atoms with Gasteiger partial charge in [-0.15, -0.1) is 0 Å². The normalized spacial score (nSPS) is 7.80. The molecule has 0 unspecified atom stereocenters. The van der Waals surface area contributed by atoms with Gasteiger partial charge in [0.2, 0.25) is 0 Å². The van der Waals surface area contributed by atoms with Crippen molar-refractivity contribution in [2.24, 2.45) is 0 Å². The van der Waals surface area contributed by atoms with Crippen molar-refractivity contribution < 1.29 is 0 Å². The molecule has 0 atom stereocenters. The standard InChI is InChI=1S/C6H2N4/c7-1-5-3-9-4-6(2-8)10-5/h3-4H. The zero-order chi connectivity index (χ0) is 7.40. The van der Waals surface area contributed by atoms with E-state index in [4.69, 9.17) is 10.5 Å². The smallest absolute Gasteiger partial charge is 0.160 e. The Balaban J connectivity index is 3.17. The number of hydrogen-bond donors (Lipinski definition) is 0. The van der Waals surface area contributed by atoms with Gasteiger partial charge in [0, 0.05) is 0 Å². The Morgan fingerprint density at radius 1 is 1.10 bits per heavy atom. The van der Waals surface area contributed by atoms with E-state index in [2.05, 4.69) is 9.97 Å². The van der Waals surface area contributed by atoms with Crippen LogP contribution in [0.1, 0.15) is 11.4 Å². The van der Waals surface area contributed by atoms with Crippen molar-refractivity contribution in [1.82, 2.24) is 9.97 Å². The monoisotopic (exact) mass is 130 g/mol. The van der Waals surface area contributed by atoms with E-state index < -0.39 is 0 Å². The van der Waals surface area contributed by atoms with Gasteiger partial charge >= 0.3 is 0 Å². The van der Waals surface area contributed by atoms with Gasteiger partial charge in [-0.25, -0.2) is 4.98 Å². The molecular weight excluding hydrogens is 128 g/mol. The van der Waals surface area contributed by atoms with E-state index in [1.807, 2.05) is 0 Å². The van der Waals surface area contributed by atoms with Crippen molar-refractivity contribution in [1.29, 1.82) is 10.5 Å². The first-order valence-electron chi connectivity index (χ1n) is 2.49. The highest BCUT2D eigenvalue weighted by molar-refractivity contribution is 5.23. The number of hydrogen-bond acceptors (Lipinski definition) is 4. The second-order valence-electron chi connectivity index (χ2n) is 1.51. The average molecular weight is 130 g/mol. The second kappa shape index (κ2) is 2.56. The summed E-state index contributed by atoms with van der Waals surface area (Å²) < 4.78 is 0. The Kier molecular flexibility index (Phi) is 1.58. The van der Waals surface area contributed by atoms with Crippen molar-refractivity contribution in [3.05, 3.63) is 23.8 Å². The average Bonchev–Trinajstić information content (AvgIpc) is 2.05. The van der Waals surface area contributed by atoms with E-state index >= 15 is 0 Å². The lowest BCUT2D eigenvalue weighted by atomic mass is 10.4.